The molecule has 0 radical (unpaired) electrons. The molecular weight excluding hydrogens is 496 g/mol. The van der Waals surface area contributed by atoms with Crippen LogP contribution in [0.3, 0.4) is 0 Å². The van der Waals surface area contributed by atoms with Gasteiger partial charge in [0, 0.05) is 48.4 Å². The van der Waals surface area contributed by atoms with Crippen LogP contribution in [0.1, 0.15) is 120 Å². The number of aryl methyl sites for hydroxylation is 2. The van der Waals surface area contributed by atoms with Crippen LogP contribution in [0.2, 0.25) is 0 Å². The van der Waals surface area contributed by atoms with Gasteiger partial charge in [0.2, 0.25) is 5.91 Å². The molecule has 5 rings (SSSR count). The number of amides is 1. The molecule has 40 heavy (non-hydrogen) atoms. The highest BCUT2D eigenvalue weighted by Crippen LogP contribution is 2.43. The fourth-order valence-corrected chi connectivity index (χ4v) is 7.66. The maximum atomic E-state index is 13.4. The number of benzene rings is 1. The molecule has 0 spiro atoms. The summed E-state index contributed by atoms with van der Waals surface area (Å²) in [7, 11) is 0. The molecule has 5 heteroatoms. The Hall–Kier alpha value is -2.40. The fraction of sp³-hybridized carbons (Fsp3) is 0.657. The van der Waals surface area contributed by atoms with Gasteiger partial charge in [-0.15, -0.1) is 0 Å². The van der Waals surface area contributed by atoms with Crippen LogP contribution >= 0.6 is 0 Å². The molecule has 5 nitrogen and oxygen atoms in total. The van der Waals surface area contributed by atoms with Crippen molar-refractivity contribution >= 4 is 22.6 Å². The second-order valence-corrected chi connectivity index (χ2v) is 12.7. The van der Waals surface area contributed by atoms with E-state index in [1.54, 1.807) is 0 Å². The van der Waals surface area contributed by atoms with Crippen LogP contribution in [0.25, 0.3) is 10.9 Å². The average molecular weight is 547 g/mol. The van der Waals surface area contributed by atoms with Crippen LogP contribution in [0.4, 0.5) is 0 Å². The number of hydrogen-bond acceptors (Lipinski definition) is 3. The number of allylic oxidation sites excluding steroid dienone is 1. The molecule has 218 valence electrons. The minimum absolute atomic E-state index is 0.116. The maximum Gasteiger partial charge on any atom is 0.223 e. The van der Waals surface area contributed by atoms with E-state index in [-0.39, 0.29) is 24.0 Å². The van der Waals surface area contributed by atoms with Crippen LogP contribution in [0, 0.1) is 18.8 Å². The van der Waals surface area contributed by atoms with Crippen molar-refractivity contribution in [3.8, 4) is 0 Å². The molecule has 1 aromatic heterocycles. The maximum absolute atomic E-state index is 13.4. The number of Topliss-reactive ketones (excluding diaryl/α,β-unsaturated/α-hetero) is 1. The number of nitrogens with zero attached hydrogens (tertiary/aromatic N) is 2. The van der Waals surface area contributed by atoms with Crippen molar-refractivity contribution in [2.45, 2.75) is 129 Å². The summed E-state index contributed by atoms with van der Waals surface area (Å²) in [5, 5.41) is 11.6. The predicted molar refractivity (Wildman–Crippen MR) is 162 cm³/mol. The molecule has 1 aliphatic heterocycles. The molecule has 3 aliphatic rings. The van der Waals surface area contributed by atoms with E-state index in [9.17, 15) is 14.7 Å². The summed E-state index contributed by atoms with van der Waals surface area (Å²) < 4.78 is 2.50. The van der Waals surface area contributed by atoms with Gasteiger partial charge in [0.15, 0.2) is 0 Å². The van der Waals surface area contributed by atoms with Crippen molar-refractivity contribution in [2.75, 3.05) is 6.54 Å². The lowest BCUT2D eigenvalue weighted by Crippen LogP contribution is -2.43. The van der Waals surface area contributed by atoms with Gasteiger partial charge in [-0.25, -0.2) is 0 Å². The Morgan fingerprint density at radius 2 is 1.93 bits per heavy atom. The van der Waals surface area contributed by atoms with Crippen molar-refractivity contribution < 1.29 is 14.7 Å². The number of aromatic nitrogens is 1. The second-order valence-electron chi connectivity index (χ2n) is 12.7. The number of aliphatic hydroxyl groups is 1. The summed E-state index contributed by atoms with van der Waals surface area (Å²) in [5.41, 5.74) is 5.54. The Bertz CT molecular complexity index is 1210. The van der Waals surface area contributed by atoms with Crippen molar-refractivity contribution in [1.29, 1.82) is 0 Å². The van der Waals surface area contributed by atoms with Crippen LogP contribution < -0.4 is 0 Å². The standard InChI is InChI=1S/C35H50N2O3/c1-3-4-7-11-27(38)19-17-26-18-21-33(39)28(26)12-8-5-6-9-15-34(40)36-22-23-37-31-20-16-25(2)24-30(31)29-13-10-14-32(36)35(29)37/h16-17,19-20,24,26-28,32,38H,3-15,18,21-23H2,1-2H3/t26-,27+,28-,32-/m1/s1. The van der Waals surface area contributed by atoms with Crippen molar-refractivity contribution in [3.05, 3.63) is 47.2 Å². The van der Waals surface area contributed by atoms with Gasteiger partial charge < -0.3 is 14.6 Å². The van der Waals surface area contributed by atoms with E-state index >= 15 is 0 Å². The van der Waals surface area contributed by atoms with Crippen LogP contribution in [0.5, 0.6) is 0 Å². The first-order valence-electron chi connectivity index (χ1n) is 16.3. The number of unbranched alkanes of at least 4 members (excludes halogenated alkanes) is 5. The molecule has 0 saturated heterocycles. The molecule has 0 bridgehead atoms. The lowest BCUT2D eigenvalue weighted by molar-refractivity contribution is -0.135. The third-order valence-electron chi connectivity index (χ3n) is 9.84. The minimum atomic E-state index is -0.381. The Kier molecular flexibility index (Phi) is 9.83. The van der Waals surface area contributed by atoms with Crippen LogP contribution in [-0.2, 0) is 22.6 Å². The summed E-state index contributed by atoms with van der Waals surface area (Å²) >= 11 is 0. The van der Waals surface area contributed by atoms with E-state index < -0.39 is 0 Å². The number of carbonyl (C=O) groups is 2. The summed E-state index contributed by atoms with van der Waals surface area (Å²) in [6.07, 6.45) is 18.5. The number of ketones is 1. The molecule has 2 aromatic rings. The van der Waals surface area contributed by atoms with Crippen molar-refractivity contribution in [1.82, 2.24) is 9.47 Å². The molecule has 1 fully saturated rings. The first-order chi connectivity index (χ1) is 19.5. The lowest BCUT2D eigenvalue weighted by atomic mass is 9.89. The Labute approximate surface area is 241 Å². The van der Waals surface area contributed by atoms with E-state index in [0.717, 1.165) is 96.6 Å². The molecular formula is C35H50N2O3. The van der Waals surface area contributed by atoms with Gasteiger partial charge in [-0.3, -0.25) is 9.59 Å². The number of carbonyl (C=O) groups excluding carboxylic acids is 2. The highest BCUT2D eigenvalue weighted by Gasteiger charge is 2.37. The molecule has 2 heterocycles. The van der Waals surface area contributed by atoms with E-state index in [2.05, 4.69) is 47.6 Å². The highest BCUT2D eigenvalue weighted by atomic mass is 16.3. The van der Waals surface area contributed by atoms with Gasteiger partial charge in [0.25, 0.3) is 0 Å². The molecule has 0 unspecified atom stereocenters. The highest BCUT2D eigenvalue weighted by molar-refractivity contribution is 5.88. The fourth-order valence-electron chi connectivity index (χ4n) is 7.66. The zero-order valence-corrected chi connectivity index (χ0v) is 24.9. The number of hydrogen-bond donors (Lipinski definition) is 1. The zero-order valence-electron chi connectivity index (χ0n) is 24.9. The van der Waals surface area contributed by atoms with Gasteiger partial charge in [0.05, 0.1) is 12.1 Å². The first-order valence-corrected chi connectivity index (χ1v) is 16.3. The average Bonchev–Trinajstić information content (AvgIpc) is 3.47. The topological polar surface area (TPSA) is 62.5 Å². The van der Waals surface area contributed by atoms with Gasteiger partial charge in [0.1, 0.15) is 5.78 Å². The molecule has 2 aliphatic carbocycles. The number of aliphatic hydroxyl groups excluding tert-OH is 1. The largest absolute Gasteiger partial charge is 0.389 e. The molecule has 1 aromatic carbocycles. The van der Waals surface area contributed by atoms with Gasteiger partial charge in [-0.1, -0.05) is 69.2 Å². The minimum Gasteiger partial charge on any atom is -0.389 e. The summed E-state index contributed by atoms with van der Waals surface area (Å²) in [5.74, 6) is 1.12. The molecule has 1 amide bonds. The summed E-state index contributed by atoms with van der Waals surface area (Å²) in [6, 6.07) is 7.05. The smallest absolute Gasteiger partial charge is 0.223 e. The third kappa shape index (κ3) is 6.40. The molecule has 4 atom stereocenters. The molecule has 1 saturated carbocycles. The van der Waals surface area contributed by atoms with E-state index in [1.165, 1.54) is 27.7 Å². The normalized spacial score (nSPS) is 23.3. The first kappa shape index (κ1) is 29.1. The summed E-state index contributed by atoms with van der Waals surface area (Å²) in [6.45, 7) is 6.06. The van der Waals surface area contributed by atoms with Gasteiger partial charge >= 0.3 is 0 Å². The van der Waals surface area contributed by atoms with Crippen LogP contribution in [0.15, 0.2) is 30.4 Å². The molecule has 1 N–H and O–H groups in total. The van der Waals surface area contributed by atoms with Crippen molar-refractivity contribution in [3.63, 3.8) is 0 Å². The van der Waals surface area contributed by atoms with Crippen LogP contribution in [-0.4, -0.2) is 38.9 Å². The zero-order chi connectivity index (χ0) is 28.1. The number of fused-ring (bicyclic) bond motifs is 3. The van der Waals surface area contributed by atoms with Crippen molar-refractivity contribution in [2.24, 2.45) is 11.8 Å². The van der Waals surface area contributed by atoms with E-state index in [4.69, 9.17) is 0 Å². The SMILES string of the molecule is CCCCC[C@H](O)C=C[C@@H]1CCC(=O)[C@@H]1CCCCCCC(=O)N1CCn2c3c(c4cc(C)ccc42)CCC[C@H]31. The summed E-state index contributed by atoms with van der Waals surface area (Å²) in [4.78, 5) is 28.1. The van der Waals surface area contributed by atoms with E-state index in [1.807, 2.05) is 6.08 Å². The Balaban J connectivity index is 1.06. The number of rotatable bonds is 13. The Morgan fingerprint density at radius 3 is 2.77 bits per heavy atom. The Morgan fingerprint density at radius 1 is 1.07 bits per heavy atom. The monoisotopic (exact) mass is 546 g/mol. The third-order valence-corrected chi connectivity index (χ3v) is 9.84. The predicted octanol–water partition coefficient (Wildman–Crippen LogP) is 7.60. The lowest BCUT2D eigenvalue weighted by Gasteiger charge is -2.40. The quantitative estimate of drug-likeness (QED) is 0.208. The second kappa shape index (κ2) is 13.5. The van der Waals surface area contributed by atoms with E-state index in [0.29, 0.717) is 24.5 Å². The van der Waals surface area contributed by atoms with Gasteiger partial charge in [-0.05, 0) is 75.5 Å². The van der Waals surface area contributed by atoms with Gasteiger partial charge in [-0.2, -0.15) is 0 Å².